The summed E-state index contributed by atoms with van der Waals surface area (Å²) in [6, 6.07) is 0. The maximum absolute atomic E-state index is 11.5. The SMILES string of the molecule is CC=Cc1snc(C(=O)OCC)c1OC. The van der Waals surface area contributed by atoms with Crippen LogP contribution in [0.25, 0.3) is 6.08 Å². The van der Waals surface area contributed by atoms with Crippen LogP contribution in [0.4, 0.5) is 0 Å². The van der Waals surface area contributed by atoms with Gasteiger partial charge in [-0.3, -0.25) is 0 Å². The van der Waals surface area contributed by atoms with Gasteiger partial charge in [0.05, 0.1) is 18.6 Å². The average molecular weight is 227 g/mol. The fourth-order valence-electron chi connectivity index (χ4n) is 1.08. The Morgan fingerprint density at radius 2 is 2.33 bits per heavy atom. The van der Waals surface area contributed by atoms with Gasteiger partial charge in [0, 0.05) is 0 Å². The van der Waals surface area contributed by atoms with E-state index in [0.29, 0.717) is 12.4 Å². The molecule has 82 valence electrons. The van der Waals surface area contributed by atoms with Crippen molar-refractivity contribution < 1.29 is 14.3 Å². The van der Waals surface area contributed by atoms with Gasteiger partial charge in [0.2, 0.25) is 5.69 Å². The van der Waals surface area contributed by atoms with Gasteiger partial charge in [-0.1, -0.05) is 6.08 Å². The highest BCUT2D eigenvalue weighted by molar-refractivity contribution is 7.07. The number of hydrogen-bond acceptors (Lipinski definition) is 5. The maximum atomic E-state index is 11.5. The molecular weight excluding hydrogens is 214 g/mol. The van der Waals surface area contributed by atoms with Gasteiger partial charge in [-0.25, -0.2) is 4.79 Å². The third-order valence-corrected chi connectivity index (χ3v) is 2.46. The van der Waals surface area contributed by atoms with Crippen LogP contribution in [-0.2, 0) is 4.74 Å². The van der Waals surface area contributed by atoms with Crippen molar-refractivity contribution in [3.8, 4) is 5.75 Å². The van der Waals surface area contributed by atoms with Crippen molar-refractivity contribution in [1.29, 1.82) is 0 Å². The Bertz CT molecular complexity index is 371. The molecule has 0 aliphatic heterocycles. The summed E-state index contributed by atoms with van der Waals surface area (Å²) in [7, 11) is 1.51. The number of hydrogen-bond donors (Lipinski definition) is 0. The minimum absolute atomic E-state index is 0.248. The largest absolute Gasteiger partial charge is 0.493 e. The van der Waals surface area contributed by atoms with Gasteiger partial charge in [0.15, 0.2) is 5.75 Å². The summed E-state index contributed by atoms with van der Waals surface area (Å²) in [4.78, 5) is 12.3. The average Bonchev–Trinajstić information content (AvgIpc) is 2.62. The Labute approximate surface area is 92.7 Å². The fourth-order valence-corrected chi connectivity index (χ4v) is 1.89. The van der Waals surface area contributed by atoms with E-state index in [-0.39, 0.29) is 5.69 Å². The van der Waals surface area contributed by atoms with Gasteiger partial charge in [-0.15, -0.1) is 0 Å². The summed E-state index contributed by atoms with van der Waals surface area (Å²) in [6.07, 6.45) is 3.71. The monoisotopic (exact) mass is 227 g/mol. The molecule has 15 heavy (non-hydrogen) atoms. The molecule has 0 fully saturated rings. The Balaban J connectivity index is 3.03. The third kappa shape index (κ3) is 2.56. The Morgan fingerprint density at radius 1 is 1.60 bits per heavy atom. The second-order valence-corrected chi connectivity index (χ2v) is 3.45. The second-order valence-electron chi connectivity index (χ2n) is 2.65. The highest BCUT2D eigenvalue weighted by Gasteiger charge is 2.20. The molecule has 0 amide bonds. The Kier molecular flexibility index (Phi) is 4.30. The molecule has 0 unspecified atom stereocenters. The summed E-state index contributed by atoms with van der Waals surface area (Å²) < 4.78 is 14.0. The van der Waals surface area contributed by atoms with Crippen LogP contribution in [0.3, 0.4) is 0 Å². The van der Waals surface area contributed by atoms with Gasteiger partial charge >= 0.3 is 5.97 Å². The second kappa shape index (κ2) is 5.50. The number of ether oxygens (including phenoxy) is 2. The standard InChI is InChI=1S/C10H13NO3S/c1-4-6-7-9(13-3)8(11-15-7)10(12)14-5-2/h4,6H,5H2,1-3H3. The predicted molar refractivity (Wildman–Crippen MR) is 59.3 cm³/mol. The summed E-state index contributed by atoms with van der Waals surface area (Å²) in [5.41, 5.74) is 0.248. The van der Waals surface area contributed by atoms with Crippen LogP contribution in [0, 0.1) is 0 Å². The molecule has 1 rings (SSSR count). The van der Waals surface area contributed by atoms with Crippen molar-refractivity contribution in [1.82, 2.24) is 4.37 Å². The minimum Gasteiger partial charge on any atom is -0.493 e. The quantitative estimate of drug-likeness (QED) is 0.741. The van der Waals surface area contributed by atoms with E-state index in [2.05, 4.69) is 4.37 Å². The van der Waals surface area contributed by atoms with Crippen LogP contribution < -0.4 is 4.74 Å². The zero-order valence-electron chi connectivity index (χ0n) is 8.94. The van der Waals surface area contributed by atoms with E-state index in [4.69, 9.17) is 9.47 Å². The van der Waals surface area contributed by atoms with Crippen LogP contribution in [0.2, 0.25) is 0 Å². The first-order valence-electron chi connectivity index (χ1n) is 4.58. The fraction of sp³-hybridized carbons (Fsp3) is 0.400. The molecule has 0 aliphatic carbocycles. The van der Waals surface area contributed by atoms with Crippen LogP contribution in [-0.4, -0.2) is 24.1 Å². The van der Waals surface area contributed by atoms with E-state index in [1.807, 2.05) is 19.1 Å². The van der Waals surface area contributed by atoms with Gasteiger partial charge in [-0.2, -0.15) is 4.37 Å². The number of carbonyl (C=O) groups excluding carboxylic acids is 1. The molecule has 0 spiro atoms. The lowest BCUT2D eigenvalue weighted by Crippen LogP contribution is -2.06. The van der Waals surface area contributed by atoms with E-state index in [1.54, 1.807) is 6.92 Å². The van der Waals surface area contributed by atoms with Gasteiger partial charge in [-0.05, 0) is 31.5 Å². The number of esters is 1. The molecule has 0 radical (unpaired) electrons. The topological polar surface area (TPSA) is 48.4 Å². The number of nitrogens with zero attached hydrogens (tertiary/aromatic N) is 1. The van der Waals surface area contributed by atoms with E-state index in [0.717, 1.165) is 4.88 Å². The van der Waals surface area contributed by atoms with Crippen molar-refractivity contribution in [3.63, 3.8) is 0 Å². The van der Waals surface area contributed by atoms with Crippen LogP contribution in [0.5, 0.6) is 5.75 Å². The Hall–Kier alpha value is -1.36. The van der Waals surface area contributed by atoms with E-state index in [9.17, 15) is 4.79 Å². The smallest absolute Gasteiger partial charge is 0.361 e. The number of aromatic nitrogens is 1. The molecule has 5 heteroatoms. The Morgan fingerprint density at radius 3 is 2.87 bits per heavy atom. The van der Waals surface area contributed by atoms with Gasteiger partial charge < -0.3 is 9.47 Å². The first-order valence-corrected chi connectivity index (χ1v) is 5.35. The molecule has 4 nitrogen and oxygen atoms in total. The first-order chi connectivity index (χ1) is 7.24. The summed E-state index contributed by atoms with van der Waals surface area (Å²) in [5.74, 6) is 0.0397. The molecule has 1 aromatic heterocycles. The van der Waals surface area contributed by atoms with Gasteiger partial charge in [0.25, 0.3) is 0 Å². The summed E-state index contributed by atoms with van der Waals surface area (Å²) in [5, 5.41) is 0. The molecule has 0 aliphatic rings. The van der Waals surface area contributed by atoms with Crippen molar-refractivity contribution in [2.24, 2.45) is 0 Å². The molecule has 0 saturated heterocycles. The molecule has 0 aromatic carbocycles. The van der Waals surface area contributed by atoms with Crippen molar-refractivity contribution in [2.45, 2.75) is 13.8 Å². The number of allylic oxidation sites excluding steroid dienone is 1. The lowest BCUT2D eigenvalue weighted by atomic mass is 10.3. The third-order valence-electron chi connectivity index (χ3n) is 1.67. The zero-order chi connectivity index (χ0) is 11.3. The highest BCUT2D eigenvalue weighted by Crippen LogP contribution is 2.29. The summed E-state index contributed by atoms with van der Waals surface area (Å²) in [6.45, 7) is 3.98. The van der Waals surface area contributed by atoms with Crippen LogP contribution in [0.1, 0.15) is 29.2 Å². The number of rotatable bonds is 4. The lowest BCUT2D eigenvalue weighted by Gasteiger charge is -2.01. The van der Waals surface area contributed by atoms with E-state index in [1.165, 1.54) is 18.6 Å². The number of methoxy groups -OCH3 is 1. The first kappa shape index (κ1) is 11.7. The summed E-state index contributed by atoms with van der Waals surface area (Å²) >= 11 is 1.22. The molecule has 0 saturated carbocycles. The molecule has 1 aromatic rings. The van der Waals surface area contributed by atoms with Gasteiger partial charge in [0.1, 0.15) is 0 Å². The normalized spacial score (nSPS) is 10.6. The zero-order valence-corrected chi connectivity index (χ0v) is 9.76. The molecule has 0 atom stereocenters. The molecule has 0 bridgehead atoms. The van der Waals surface area contributed by atoms with Crippen molar-refractivity contribution >= 4 is 23.6 Å². The molecule has 1 heterocycles. The van der Waals surface area contributed by atoms with Crippen LogP contribution in [0.15, 0.2) is 6.08 Å². The van der Waals surface area contributed by atoms with Crippen LogP contribution >= 0.6 is 11.5 Å². The van der Waals surface area contributed by atoms with E-state index >= 15 is 0 Å². The maximum Gasteiger partial charge on any atom is 0.361 e. The molecule has 0 N–H and O–H groups in total. The van der Waals surface area contributed by atoms with Crippen molar-refractivity contribution in [3.05, 3.63) is 16.6 Å². The highest BCUT2D eigenvalue weighted by atomic mass is 32.1. The molecular formula is C10H13NO3S. The lowest BCUT2D eigenvalue weighted by molar-refractivity contribution is 0.0517. The van der Waals surface area contributed by atoms with E-state index < -0.39 is 5.97 Å². The van der Waals surface area contributed by atoms with Crippen molar-refractivity contribution in [2.75, 3.05) is 13.7 Å². The predicted octanol–water partition coefficient (Wildman–Crippen LogP) is 2.36. The minimum atomic E-state index is -0.443. The number of carbonyl (C=O) groups is 1.